The minimum atomic E-state index is -2.47. The molecule has 19 heavy (non-hydrogen) atoms. The van der Waals surface area contributed by atoms with Gasteiger partial charge in [-0.3, -0.25) is 4.79 Å². The van der Waals surface area contributed by atoms with Gasteiger partial charge in [0, 0.05) is 10.6 Å². The number of thioether (sulfide) groups is 1. The van der Waals surface area contributed by atoms with Gasteiger partial charge in [-0.2, -0.15) is 8.78 Å². The van der Waals surface area contributed by atoms with Crippen molar-refractivity contribution in [3.05, 3.63) is 24.3 Å². The maximum atomic E-state index is 12.3. The highest BCUT2D eigenvalue weighted by Gasteiger charge is 2.36. The lowest BCUT2D eigenvalue weighted by Crippen LogP contribution is -2.48. The van der Waals surface area contributed by atoms with Gasteiger partial charge in [-0.05, 0) is 31.0 Å². The summed E-state index contributed by atoms with van der Waals surface area (Å²) in [7, 11) is 0. The number of nitrogens with two attached hydrogens (primary N) is 1. The molecule has 6 heteroatoms. The third-order valence-corrected chi connectivity index (χ3v) is 3.97. The van der Waals surface area contributed by atoms with Crippen molar-refractivity contribution in [3.8, 4) is 0 Å². The van der Waals surface area contributed by atoms with Crippen LogP contribution < -0.4 is 11.1 Å². The Hall–Kier alpha value is -1.14. The Morgan fingerprint density at radius 2 is 2.05 bits per heavy atom. The molecule has 0 spiro atoms. The van der Waals surface area contributed by atoms with Crippen molar-refractivity contribution in [2.45, 2.75) is 41.9 Å². The lowest BCUT2D eigenvalue weighted by Gasteiger charge is -2.22. The SMILES string of the molecule is NC1(C(=O)Nc2cccc(SC(F)F)c2)CCCC1. The van der Waals surface area contributed by atoms with Crippen molar-refractivity contribution in [3.63, 3.8) is 0 Å². The molecule has 0 unspecified atom stereocenters. The van der Waals surface area contributed by atoms with E-state index in [1.165, 1.54) is 6.07 Å². The van der Waals surface area contributed by atoms with E-state index in [0.717, 1.165) is 12.8 Å². The molecule has 1 aromatic carbocycles. The van der Waals surface area contributed by atoms with Crippen LogP contribution in [0.5, 0.6) is 0 Å². The van der Waals surface area contributed by atoms with E-state index in [2.05, 4.69) is 5.32 Å². The number of nitrogens with one attached hydrogen (secondary N) is 1. The summed E-state index contributed by atoms with van der Waals surface area (Å²) in [6.07, 6.45) is 3.24. The van der Waals surface area contributed by atoms with Crippen LogP contribution >= 0.6 is 11.8 Å². The van der Waals surface area contributed by atoms with Crippen molar-refractivity contribution in [2.75, 3.05) is 5.32 Å². The molecule has 1 saturated carbocycles. The number of alkyl halides is 2. The molecule has 3 N–H and O–H groups in total. The molecule has 3 nitrogen and oxygen atoms in total. The van der Waals surface area contributed by atoms with Gasteiger partial charge in [-0.15, -0.1) is 0 Å². The van der Waals surface area contributed by atoms with Crippen molar-refractivity contribution in [2.24, 2.45) is 5.73 Å². The average molecular weight is 286 g/mol. The van der Waals surface area contributed by atoms with Crippen molar-refractivity contribution in [1.29, 1.82) is 0 Å². The second-order valence-corrected chi connectivity index (χ2v) is 5.79. The highest BCUT2D eigenvalue weighted by Crippen LogP contribution is 2.30. The predicted molar refractivity (Wildman–Crippen MR) is 72.3 cm³/mol. The Kier molecular flexibility index (Phi) is 4.42. The van der Waals surface area contributed by atoms with Gasteiger partial charge in [0.1, 0.15) is 0 Å². The Labute approximate surface area is 114 Å². The first-order valence-electron chi connectivity index (χ1n) is 6.15. The standard InChI is InChI=1S/C13H16F2N2OS/c14-12(15)19-10-5-3-4-9(8-10)17-11(18)13(16)6-1-2-7-13/h3-5,8,12H,1-2,6-7,16H2,(H,17,18). The van der Waals surface area contributed by atoms with Crippen LogP contribution in [0.25, 0.3) is 0 Å². The average Bonchev–Trinajstić information content (AvgIpc) is 2.77. The van der Waals surface area contributed by atoms with E-state index in [1.807, 2.05) is 0 Å². The number of hydrogen-bond acceptors (Lipinski definition) is 3. The minimum Gasteiger partial charge on any atom is -0.324 e. The van der Waals surface area contributed by atoms with Crippen LogP contribution in [-0.2, 0) is 4.79 Å². The number of halogens is 2. The van der Waals surface area contributed by atoms with Crippen molar-refractivity contribution >= 4 is 23.4 Å². The first kappa shape index (κ1) is 14.3. The molecule has 1 aliphatic carbocycles. The van der Waals surface area contributed by atoms with Crippen LogP contribution in [-0.4, -0.2) is 17.2 Å². The van der Waals surface area contributed by atoms with Gasteiger partial charge in [0.15, 0.2) is 0 Å². The Bertz CT molecular complexity index is 462. The third kappa shape index (κ3) is 3.67. The zero-order valence-corrected chi connectivity index (χ0v) is 11.2. The zero-order valence-electron chi connectivity index (χ0n) is 10.4. The first-order valence-corrected chi connectivity index (χ1v) is 7.03. The molecule has 1 aliphatic rings. The van der Waals surface area contributed by atoms with Gasteiger partial charge in [-0.25, -0.2) is 0 Å². The number of carbonyl (C=O) groups is 1. The molecule has 0 saturated heterocycles. The lowest BCUT2D eigenvalue weighted by atomic mass is 9.98. The monoisotopic (exact) mass is 286 g/mol. The molecular formula is C13H16F2N2OS. The molecule has 1 aromatic rings. The molecule has 0 aliphatic heterocycles. The van der Waals surface area contributed by atoms with E-state index in [-0.39, 0.29) is 5.91 Å². The number of hydrogen-bond donors (Lipinski definition) is 2. The van der Waals surface area contributed by atoms with Crippen molar-refractivity contribution in [1.82, 2.24) is 0 Å². The van der Waals surface area contributed by atoms with Crippen LogP contribution in [0.15, 0.2) is 29.2 Å². The third-order valence-electron chi connectivity index (χ3n) is 3.27. The summed E-state index contributed by atoms with van der Waals surface area (Å²) < 4.78 is 24.6. The first-order chi connectivity index (χ1) is 8.99. The summed E-state index contributed by atoms with van der Waals surface area (Å²) >= 11 is 0.455. The predicted octanol–water partition coefficient (Wildman–Crippen LogP) is 3.21. The minimum absolute atomic E-state index is 0.232. The van der Waals surface area contributed by atoms with E-state index in [9.17, 15) is 13.6 Å². The van der Waals surface area contributed by atoms with Crippen LogP contribution in [0.4, 0.5) is 14.5 Å². The van der Waals surface area contributed by atoms with Crippen LogP contribution in [0.2, 0.25) is 0 Å². The van der Waals surface area contributed by atoms with Crippen LogP contribution in [0.3, 0.4) is 0 Å². The van der Waals surface area contributed by atoms with Gasteiger partial charge in [0.2, 0.25) is 5.91 Å². The van der Waals surface area contributed by atoms with Gasteiger partial charge < -0.3 is 11.1 Å². The summed E-state index contributed by atoms with van der Waals surface area (Å²) in [5, 5.41) is 2.72. The van der Waals surface area contributed by atoms with Gasteiger partial charge in [0.25, 0.3) is 5.76 Å². The molecule has 104 valence electrons. The fraction of sp³-hybridized carbons (Fsp3) is 0.462. The van der Waals surface area contributed by atoms with E-state index >= 15 is 0 Å². The van der Waals surface area contributed by atoms with Crippen molar-refractivity contribution < 1.29 is 13.6 Å². The number of amides is 1. The summed E-state index contributed by atoms with van der Waals surface area (Å²) in [5.74, 6) is -2.70. The largest absolute Gasteiger partial charge is 0.324 e. The molecule has 1 amide bonds. The van der Waals surface area contributed by atoms with E-state index in [4.69, 9.17) is 5.73 Å². The molecule has 0 heterocycles. The molecular weight excluding hydrogens is 270 g/mol. The molecule has 2 rings (SSSR count). The topological polar surface area (TPSA) is 55.1 Å². The number of benzene rings is 1. The fourth-order valence-corrected chi connectivity index (χ4v) is 2.80. The quantitative estimate of drug-likeness (QED) is 0.836. The molecule has 0 bridgehead atoms. The molecule has 0 atom stereocenters. The Morgan fingerprint density at radius 1 is 1.37 bits per heavy atom. The normalized spacial score (nSPS) is 17.7. The maximum absolute atomic E-state index is 12.3. The van der Waals surface area contributed by atoms with E-state index in [0.29, 0.717) is 35.2 Å². The fourth-order valence-electron chi connectivity index (χ4n) is 2.24. The number of rotatable bonds is 4. The summed E-state index contributed by atoms with van der Waals surface area (Å²) in [4.78, 5) is 12.5. The summed E-state index contributed by atoms with van der Waals surface area (Å²) in [6.45, 7) is 0. The molecule has 0 aromatic heterocycles. The summed E-state index contributed by atoms with van der Waals surface area (Å²) in [5.41, 5.74) is 5.73. The lowest BCUT2D eigenvalue weighted by molar-refractivity contribution is -0.121. The second kappa shape index (κ2) is 5.88. The highest BCUT2D eigenvalue weighted by atomic mass is 32.2. The Balaban J connectivity index is 2.04. The number of anilines is 1. The Morgan fingerprint density at radius 3 is 2.68 bits per heavy atom. The highest BCUT2D eigenvalue weighted by molar-refractivity contribution is 7.99. The van der Waals surface area contributed by atoms with E-state index in [1.54, 1.807) is 18.2 Å². The van der Waals surface area contributed by atoms with Gasteiger partial charge in [-0.1, -0.05) is 30.7 Å². The van der Waals surface area contributed by atoms with Crippen LogP contribution in [0, 0.1) is 0 Å². The van der Waals surface area contributed by atoms with Gasteiger partial charge >= 0.3 is 0 Å². The zero-order chi connectivity index (χ0) is 13.9. The van der Waals surface area contributed by atoms with Crippen LogP contribution in [0.1, 0.15) is 25.7 Å². The molecule has 0 radical (unpaired) electrons. The second-order valence-electron chi connectivity index (χ2n) is 4.72. The number of carbonyl (C=O) groups excluding carboxylic acids is 1. The molecule has 1 fully saturated rings. The maximum Gasteiger partial charge on any atom is 0.288 e. The smallest absolute Gasteiger partial charge is 0.288 e. The van der Waals surface area contributed by atoms with Gasteiger partial charge in [0.05, 0.1) is 5.54 Å². The summed E-state index contributed by atoms with van der Waals surface area (Å²) in [6, 6.07) is 6.43. The van der Waals surface area contributed by atoms with E-state index < -0.39 is 11.3 Å².